The SMILES string of the molecule is CC(CCl)C(=O)NC(C)C(=O)N1CCCC1. The Morgan fingerprint density at radius 1 is 1.31 bits per heavy atom. The summed E-state index contributed by atoms with van der Waals surface area (Å²) in [6.45, 7) is 5.09. The number of amides is 2. The minimum Gasteiger partial charge on any atom is -0.344 e. The Kier molecular flexibility index (Phi) is 5.06. The highest BCUT2D eigenvalue weighted by Crippen LogP contribution is 2.09. The van der Waals surface area contributed by atoms with E-state index in [1.54, 1.807) is 18.7 Å². The van der Waals surface area contributed by atoms with Crippen LogP contribution < -0.4 is 5.32 Å². The molecule has 1 saturated heterocycles. The van der Waals surface area contributed by atoms with Gasteiger partial charge in [0.05, 0.1) is 0 Å². The number of alkyl halides is 1. The van der Waals surface area contributed by atoms with Crippen LogP contribution in [0.25, 0.3) is 0 Å². The van der Waals surface area contributed by atoms with E-state index in [2.05, 4.69) is 5.32 Å². The quantitative estimate of drug-likeness (QED) is 0.752. The number of hydrogen-bond acceptors (Lipinski definition) is 2. The van der Waals surface area contributed by atoms with Crippen LogP contribution in [0.3, 0.4) is 0 Å². The van der Waals surface area contributed by atoms with Gasteiger partial charge in [-0.25, -0.2) is 0 Å². The minimum absolute atomic E-state index is 0.00706. The van der Waals surface area contributed by atoms with Crippen LogP contribution in [0.15, 0.2) is 0 Å². The van der Waals surface area contributed by atoms with Gasteiger partial charge >= 0.3 is 0 Å². The highest BCUT2D eigenvalue weighted by atomic mass is 35.5. The van der Waals surface area contributed by atoms with E-state index in [0.29, 0.717) is 0 Å². The molecule has 5 heteroatoms. The van der Waals surface area contributed by atoms with Crippen molar-refractivity contribution in [2.24, 2.45) is 5.92 Å². The smallest absolute Gasteiger partial charge is 0.244 e. The molecule has 92 valence electrons. The van der Waals surface area contributed by atoms with Crippen molar-refractivity contribution < 1.29 is 9.59 Å². The molecule has 0 spiro atoms. The molecule has 0 aromatic heterocycles. The lowest BCUT2D eigenvalue weighted by Gasteiger charge is -2.22. The van der Waals surface area contributed by atoms with Gasteiger partial charge in [0, 0.05) is 24.9 Å². The molecule has 2 atom stereocenters. The molecule has 0 aromatic rings. The molecule has 16 heavy (non-hydrogen) atoms. The standard InChI is InChI=1S/C11H19ClN2O2/c1-8(7-12)10(15)13-9(2)11(16)14-5-3-4-6-14/h8-9H,3-7H2,1-2H3,(H,13,15). The van der Waals surface area contributed by atoms with Crippen LogP contribution in [-0.2, 0) is 9.59 Å². The molecule has 0 saturated carbocycles. The second kappa shape index (κ2) is 6.09. The third-order valence-corrected chi connectivity index (χ3v) is 3.29. The number of nitrogens with zero attached hydrogens (tertiary/aromatic N) is 1. The second-order valence-corrected chi connectivity index (χ2v) is 4.63. The number of likely N-dealkylation sites (tertiary alicyclic amines) is 1. The molecule has 1 rings (SSSR count). The van der Waals surface area contributed by atoms with Gasteiger partial charge in [-0.1, -0.05) is 6.92 Å². The third-order valence-electron chi connectivity index (χ3n) is 2.83. The van der Waals surface area contributed by atoms with E-state index in [1.807, 2.05) is 0 Å². The summed E-state index contributed by atoms with van der Waals surface area (Å²) in [5, 5.41) is 2.69. The van der Waals surface area contributed by atoms with Gasteiger partial charge in [0.15, 0.2) is 0 Å². The maximum absolute atomic E-state index is 11.9. The molecular formula is C11H19ClN2O2. The Balaban J connectivity index is 2.41. The fourth-order valence-corrected chi connectivity index (χ4v) is 1.84. The first kappa shape index (κ1) is 13.3. The van der Waals surface area contributed by atoms with E-state index >= 15 is 0 Å². The molecule has 0 bridgehead atoms. The van der Waals surface area contributed by atoms with E-state index in [4.69, 9.17) is 11.6 Å². The van der Waals surface area contributed by atoms with Crippen LogP contribution in [0.1, 0.15) is 26.7 Å². The van der Waals surface area contributed by atoms with E-state index in [0.717, 1.165) is 25.9 Å². The second-order valence-electron chi connectivity index (χ2n) is 4.32. The van der Waals surface area contributed by atoms with E-state index in [9.17, 15) is 9.59 Å². The number of halogens is 1. The molecule has 1 heterocycles. The fraction of sp³-hybridized carbons (Fsp3) is 0.818. The summed E-state index contributed by atoms with van der Waals surface area (Å²) in [7, 11) is 0. The van der Waals surface area contributed by atoms with Gasteiger partial charge in [0.2, 0.25) is 11.8 Å². The lowest BCUT2D eigenvalue weighted by atomic mass is 10.2. The van der Waals surface area contributed by atoms with Crippen LogP contribution in [0.5, 0.6) is 0 Å². The Labute approximate surface area is 101 Å². The van der Waals surface area contributed by atoms with Crippen molar-refractivity contribution in [1.29, 1.82) is 0 Å². The number of nitrogens with one attached hydrogen (secondary N) is 1. The summed E-state index contributed by atoms with van der Waals surface area (Å²) >= 11 is 5.58. The Hall–Kier alpha value is -0.770. The van der Waals surface area contributed by atoms with Gasteiger partial charge in [-0.15, -0.1) is 11.6 Å². The number of rotatable bonds is 4. The monoisotopic (exact) mass is 246 g/mol. The van der Waals surface area contributed by atoms with Crippen LogP contribution in [0, 0.1) is 5.92 Å². The van der Waals surface area contributed by atoms with Gasteiger partial charge in [-0.05, 0) is 19.8 Å². The first-order valence-corrected chi connectivity index (χ1v) is 6.25. The molecule has 0 aromatic carbocycles. The first-order valence-electron chi connectivity index (χ1n) is 5.71. The van der Waals surface area contributed by atoms with E-state index in [-0.39, 0.29) is 23.6 Å². The van der Waals surface area contributed by atoms with Crippen LogP contribution >= 0.6 is 11.6 Å². The zero-order chi connectivity index (χ0) is 12.1. The van der Waals surface area contributed by atoms with Crippen molar-refractivity contribution in [3.05, 3.63) is 0 Å². The minimum atomic E-state index is -0.448. The van der Waals surface area contributed by atoms with E-state index in [1.165, 1.54) is 0 Å². The lowest BCUT2D eigenvalue weighted by Crippen LogP contribution is -2.47. The van der Waals surface area contributed by atoms with Crippen molar-refractivity contribution in [2.75, 3.05) is 19.0 Å². The molecular weight excluding hydrogens is 228 g/mol. The van der Waals surface area contributed by atoms with Crippen LogP contribution in [0.2, 0.25) is 0 Å². The molecule has 4 nitrogen and oxygen atoms in total. The fourth-order valence-electron chi connectivity index (χ4n) is 1.70. The molecule has 0 radical (unpaired) electrons. The van der Waals surface area contributed by atoms with Crippen LogP contribution in [0.4, 0.5) is 0 Å². The first-order chi connectivity index (χ1) is 7.56. The predicted octanol–water partition coefficient (Wildman–Crippen LogP) is 0.988. The van der Waals surface area contributed by atoms with Gasteiger partial charge < -0.3 is 10.2 Å². The molecule has 1 aliphatic heterocycles. The zero-order valence-electron chi connectivity index (χ0n) is 9.83. The predicted molar refractivity (Wildman–Crippen MR) is 63.3 cm³/mol. The van der Waals surface area contributed by atoms with Crippen molar-refractivity contribution in [1.82, 2.24) is 10.2 Å². The van der Waals surface area contributed by atoms with Crippen LogP contribution in [-0.4, -0.2) is 41.7 Å². The number of carbonyl (C=O) groups excluding carboxylic acids is 2. The lowest BCUT2D eigenvalue weighted by molar-refractivity contribution is -0.135. The molecule has 1 aliphatic rings. The molecule has 1 fully saturated rings. The van der Waals surface area contributed by atoms with Gasteiger partial charge in [-0.3, -0.25) is 9.59 Å². The summed E-state index contributed by atoms with van der Waals surface area (Å²) < 4.78 is 0. The molecule has 2 amide bonds. The summed E-state index contributed by atoms with van der Waals surface area (Å²) in [6.07, 6.45) is 2.12. The van der Waals surface area contributed by atoms with Gasteiger partial charge in [0.1, 0.15) is 6.04 Å². The maximum atomic E-state index is 11.9. The highest BCUT2D eigenvalue weighted by molar-refractivity contribution is 6.19. The summed E-state index contributed by atoms with van der Waals surface area (Å²) in [6, 6.07) is -0.448. The van der Waals surface area contributed by atoms with Crippen molar-refractivity contribution in [3.8, 4) is 0 Å². The molecule has 1 N–H and O–H groups in total. The average Bonchev–Trinajstić information content (AvgIpc) is 2.79. The topological polar surface area (TPSA) is 49.4 Å². The molecule has 0 aliphatic carbocycles. The van der Waals surface area contributed by atoms with Crippen molar-refractivity contribution >= 4 is 23.4 Å². The zero-order valence-corrected chi connectivity index (χ0v) is 10.6. The highest BCUT2D eigenvalue weighted by Gasteiger charge is 2.25. The van der Waals surface area contributed by atoms with Crippen molar-refractivity contribution in [2.45, 2.75) is 32.7 Å². The number of hydrogen-bond donors (Lipinski definition) is 1. The normalized spacial score (nSPS) is 19.3. The Morgan fingerprint density at radius 2 is 1.88 bits per heavy atom. The maximum Gasteiger partial charge on any atom is 0.244 e. The largest absolute Gasteiger partial charge is 0.344 e. The van der Waals surface area contributed by atoms with Gasteiger partial charge in [0.25, 0.3) is 0 Å². The Morgan fingerprint density at radius 3 is 2.38 bits per heavy atom. The summed E-state index contributed by atoms with van der Waals surface area (Å²) in [4.78, 5) is 25.2. The summed E-state index contributed by atoms with van der Waals surface area (Å²) in [5.41, 5.74) is 0. The number of carbonyl (C=O) groups is 2. The van der Waals surface area contributed by atoms with E-state index < -0.39 is 6.04 Å². The van der Waals surface area contributed by atoms with Crippen molar-refractivity contribution in [3.63, 3.8) is 0 Å². The third kappa shape index (κ3) is 3.37. The molecule has 2 unspecified atom stereocenters. The Bertz CT molecular complexity index is 265. The summed E-state index contributed by atoms with van der Waals surface area (Å²) in [5.74, 6) is -0.130. The van der Waals surface area contributed by atoms with Gasteiger partial charge in [-0.2, -0.15) is 0 Å². The average molecular weight is 247 g/mol.